The zero-order valence-electron chi connectivity index (χ0n) is 19.0. The minimum atomic E-state index is -4.68. The maximum absolute atomic E-state index is 13.3. The number of aromatic nitrogens is 1. The van der Waals surface area contributed by atoms with Gasteiger partial charge < -0.3 is 5.32 Å². The number of hydrogen-bond acceptors (Lipinski definition) is 4. The molecule has 0 saturated carbocycles. The number of rotatable bonds is 6. The van der Waals surface area contributed by atoms with Gasteiger partial charge in [0, 0.05) is 17.8 Å². The van der Waals surface area contributed by atoms with Crippen LogP contribution in [0.15, 0.2) is 53.2 Å². The number of carbonyl (C=O) groups excluding carboxylic acids is 1. The molecule has 180 valence electrons. The fraction of sp³-hybridized carbons (Fsp3) is 0.360. The van der Waals surface area contributed by atoms with Crippen molar-refractivity contribution in [3.63, 3.8) is 0 Å². The van der Waals surface area contributed by atoms with Crippen LogP contribution in [0.5, 0.6) is 0 Å². The van der Waals surface area contributed by atoms with Gasteiger partial charge >= 0.3 is 6.18 Å². The number of aryl methyl sites for hydroxylation is 1. The van der Waals surface area contributed by atoms with E-state index in [-0.39, 0.29) is 17.4 Å². The average Bonchev–Trinajstić information content (AvgIpc) is 2.77. The lowest BCUT2D eigenvalue weighted by Gasteiger charge is -2.25. The molecule has 0 radical (unpaired) electrons. The summed E-state index contributed by atoms with van der Waals surface area (Å²) < 4.78 is 40.0. The predicted octanol–water partition coefficient (Wildman–Crippen LogP) is 6.19. The first kappa shape index (κ1) is 25.8. The van der Waals surface area contributed by atoms with E-state index in [1.165, 1.54) is 19.1 Å². The van der Waals surface area contributed by atoms with Gasteiger partial charge in [-0.3, -0.25) is 15.2 Å². The molecule has 9 heteroatoms. The van der Waals surface area contributed by atoms with Crippen LogP contribution in [-0.4, -0.2) is 34.9 Å². The summed E-state index contributed by atoms with van der Waals surface area (Å²) in [5.41, 5.74) is 0.932. The highest BCUT2D eigenvalue weighted by molar-refractivity contribution is 6.35. The standard InChI is InChI=1S/C25H26ClF3N4O/c1-15-9-10-21(32-14-15)24(33-16(2)30)17(12-18-6-3-4-11-31-18)13-22(34)19-7-5-8-20(23(19)26)25(27,28)29/h5,7-10,13-14,18,30-31H,3-4,6,11-12H2,1-2H3/b17-13+,30-16?,33-24+. The van der Waals surface area contributed by atoms with Gasteiger partial charge in [0.15, 0.2) is 5.78 Å². The molecule has 1 atom stereocenters. The Bertz CT molecular complexity index is 1120. The molecule has 1 aliphatic rings. The molecular weight excluding hydrogens is 465 g/mol. The molecule has 34 heavy (non-hydrogen) atoms. The Kier molecular flexibility index (Phi) is 8.38. The summed E-state index contributed by atoms with van der Waals surface area (Å²) in [6.07, 6.45) is 1.62. The summed E-state index contributed by atoms with van der Waals surface area (Å²) in [5, 5.41) is 10.7. The molecule has 1 fully saturated rings. The number of pyridine rings is 1. The van der Waals surface area contributed by atoms with E-state index in [4.69, 9.17) is 17.0 Å². The molecule has 1 aliphatic heterocycles. The molecule has 0 spiro atoms. The largest absolute Gasteiger partial charge is 0.417 e. The van der Waals surface area contributed by atoms with Crippen LogP contribution in [0.3, 0.4) is 0 Å². The van der Waals surface area contributed by atoms with Crippen molar-refractivity contribution in [3.05, 3.63) is 75.6 Å². The summed E-state index contributed by atoms with van der Waals surface area (Å²) in [5.74, 6) is -0.645. The van der Waals surface area contributed by atoms with Gasteiger partial charge in [-0.2, -0.15) is 13.2 Å². The van der Waals surface area contributed by atoms with Gasteiger partial charge in [0.05, 0.1) is 22.0 Å². The van der Waals surface area contributed by atoms with Gasteiger partial charge in [-0.05, 0) is 75.1 Å². The molecule has 1 saturated heterocycles. The monoisotopic (exact) mass is 490 g/mol. The predicted molar refractivity (Wildman–Crippen MR) is 128 cm³/mol. The van der Waals surface area contributed by atoms with Gasteiger partial charge in [0.2, 0.25) is 0 Å². The first-order valence-electron chi connectivity index (χ1n) is 11.0. The Morgan fingerprint density at radius 1 is 1.29 bits per heavy atom. The van der Waals surface area contributed by atoms with Crippen molar-refractivity contribution in [2.75, 3.05) is 6.54 Å². The van der Waals surface area contributed by atoms with Crippen molar-refractivity contribution >= 4 is 28.9 Å². The Morgan fingerprint density at radius 2 is 2.06 bits per heavy atom. The summed E-state index contributed by atoms with van der Waals surface area (Å²) >= 11 is 6.00. The smallest absolute Gasteiger partial charge is 0.314 e. The van der Waals surface area contributed by atoms with Crippen LogP contribution in [0, 0.1) is 12.3 Å². The van der Waals surface area contributed by atoms with Crippen LogP contribution in [-0.2, 0) is 6.18 Å². The summed E-state index contributed by atoms with van der Waals surface area (Å²) in [6.45, 7) is 4.23. The number of ketones is 1. The number of aliphatic imine (C=N–C) groups is 1. The Hall–Kier alpha value is -2.84. The second kappa shape index (κ2) is 11.1. The first-order valence-corrected chi connectivity index (χ1v) is 11.4. The number of carbonyl (C=O) groups is 1. The Labute approximate surface area is 201 Å². The number of allylic oxidation sites excluding steroid dienone is 1. The zero-order valence-corrected chi connectivity index (χ0v) is 19.7. The average molecular weight is 491 g/mol. The third-order valence-electron chi connectivity index (χ3n) is 5.49. The normalized spacial score (nSPS) is 17.5. The minimum Gasteiger partial charge on any atom is -0.314 e. The number of benzene rings is 1. The van der Waals surface area contributed by atoms with Crippen LogP contribution in [0.4, 0.5) is 13.2 Å². The molecule has 0 amide bonds. The highest BCUT2D eigenvalue weighted by atomic mass is 35.5. The summed E-state index contributed by atoms with van der Waals surface area (Å²) in [7, 11) is 0. The van der Waals surface area contributed by atoms with Crippen molar-refractivity contribution in [1.29, 1.82) is 5.41 Å². The zero-order chi connectivity index (χ0) is 24.9. The number of amidine groups is 1. The highest BCUT2D eigenvalue weighted by Gasteiger charge is 2.34. The second-order valence-electron chi connectivity index (χ2n) is 8.32. The maximum atomic E-state index is 13.3. The fourth-order valence-corrected chi connectivity index (χ4v) is 4.16. The van der Waals surface area contributed by atoms with E-state index in [9.17, 15) is 18.0 Å². The molecule has 5 nitrogen and oxygen atoms in total. The molecule has 3 rings (SSSR count). The summed E-state index contributed by atoms with van der Waals surface area (Å²) in [4.78, 5) is 22.0. The topological polar surface area (TPSA) is 78.2 Å². The molecule has 2 heterocycles. The van der Waals surface area contributed by atoms with Crippen molar-refractivity contribution < 1.29 is 18.0 Å². The number of piperidine rings is 1. The minimum absolute atomic E-state index is 0.0180. The van der Waals surface area contributed by atoms with E-state index in [0.717, 1.165) is 43.5 Å². The number of hydrogen-bond donors (Lipinski definition) is 2. The lowest BCUT2D eigenvalue weighted by Crippen LogP contribution is -2.35. The third kappa shape index (κ3) is 6.61. The highest BCUT2D eigenvalue weighted by Crippen LogP contribution is 2.36. The number of alkyl halides is 3. The van der Waals surface area contributed by atoms with Gasteiger partial charge in [-0.1, -0.05) is 30.2 Å². The summed E-state index contributed by atoms with van der Waals surface area (Å²) in [6, 6.07) is 6.94. The van der Waals surface area contributed by atoms with Crippen LogP contribution in [0.1, 0.15) is 59.8 Å². The van der Waals surface area contributed by atoms with Gasteiger partial charge in [0.1, 0.15) is 5.84 Å². The molecule has 2 aromatic rings. The molecule has 1 aromatic heterocycles. The number of nitrogens with one attached hydrogen (secondary N) is 2. The fourth-order valence-electron chi connectivity index (χ4n) is 3.83. The Morgan fingerprint density at radius 3 is 2.65 bits per heavy atom. The molecule has 0 aliphatic carbocycles. The number of halogens is 4. The van der Waals surface area contributed by atoms with Crippen LogP contribution < -0.4 is 5.32 Å². The Balaban J connectivity index is 2.10. The van der Waals surface area contributed by atoms with E-state index in [1.54, 1.807) is 12.3 Å². The van der Waals surface area contributed by atoms with E-state index in [1.807, 2.05) is 13.0 Å². The maximum Gasteiger partial charge on any atom is 0.417 e. The van der Waals surface area contributed by atoms with Crippen LogP contribution >= 0.6 is 11.6 Å². The second-order valence-corrected chi connectivity index (χ2v) is 8.69. The van der Waals surface area contributed by atoms with Crippen LogP contribution in [0.2, 0.25) is 5.02 Å². The number of nitrogens with zero attached hydrogens (tertiary/aromatic N) is 2. The van der Waals surface area contributed by atoms with Crippen molar-refractivity contribution in [2.45, 2.75) is 51.7 Å². The quantitative estimate of drug-likeness (QED) is 0.219. The molecular formula is C25H26ClF3N4O. The molecule has 1 aromatic carbocycles. The third-order valence-corrected chi connectivity index (χ3v) is 5.90. The van der Waals surface area contributed by atoms with Crippen molar-refractivity contribution in [3.8, 4) is 0 Å². The molecule has 2 N–H and O–H groups in total. The van der Waals surface area contributed by atoms with Gasteiger partial charge in [-0.15, -0.1) is 0 Å². The van der Waals surface area contributed by atoms with E-state index in [2.05, 4.69) is 15.3 Å². The van der Waals surface area contributed by atoms with Crippen molar-refractivity contribution in [2.24, 2.45) is 4.99 Å². The van der Waals surface area contributed by atoms with Crippen molar-refractivity contribution in [1.82, 2.24) is 10.3 Å². The van der Waals surface area contributed by atoms with E-state index in [0.29, 0.717) is 23.4 Å². The SMILES string of the molecule is CC(=N)/N=C(\C(=C\C(=O)c1cccc(C(F)(F)F)c1Cl)CC1CCCCN1)c1ccc(C)cn1. The first-order chi connectivity index (χ1) is 16.1. The van der Waals surface area contributed by atoms with E-state index >= 15 is 0 Å². The van der Waals surface area contributed by atoms with Gasteiger partial charge in [-0.25, -0.2) is 4.99 Å². The van der Waals surface area contributed by atoms with E-state index < -0.39 is 22.5 Å². The lowest BCUT2D eigenvalue weighted by molar-refractivity contribution is -0.137. The van der Waals surface area contributed by atoms with Gasteiger partial charge in [0.25, 0.3) is 0 Å². The molecule has 1 unspecified atom stereocenters. The molecule has 0 bridgehead atoms. The lowest BCUT2D eigenvalue weighted by atomic mass is 9.92. The van der Waals surface area contributed by atoms with Crippen LogP contribution in [0.25, 0.3) is 0 Å².